The lowest BCUT2D eigenvalue weighted by Gasteiger charge is -2.22. The lowest BCUT2D eigenvalue weighted by molar-refractivity contribution is 0.100. The van der Waals surface area contributed by atoms with Crippen LogP contribution in [0.4, 0.5) is 10.1 Å². The lowest BCUT2D eigenvalue weighted by Crippen LogP contribution is -2.30. The molecule has 0 atom stereocenters. The molecule has 0 bridgehead atoms. The normalized spacial score (nSPS) is 10.5. The Morgan fingerprint density at radius 1 is 1.32 bits per heavy atom. The first-order valence-corrected chi connectivity index (χ1v) is 7.50. The number of hydrogen-bond acceptors (Lipinski definition) is 3. The Hall–Kier alpha value is -1.20. The number of hydrogen-bond donors (Lipinski definition) is 0. The van der Waals surface area contributed by atoms with Gasteiger partial charge in [-0.15, -0.1) is 11.3 Å². The van der Waals surface area contributed by atoms with Gasteiger partial charge in [0.15, 0.2) is 5.78 Å². The number of ketones is 1. The van der Waals surface area contributed by atoms with Crippen LogP contribution in [0.1, 0.15) is 16.6 Å². The molecular formula is C14H13BrFNOS. The van der Waals surface area contributed by atoms with E-state index >= 15 is 0 Å². The molecule has 100 valence electrons. The molecule has 0 aliphatic heterocycles. The number of nitrogens with zero attached hydrogens (tertiary/aromatic N) is 1. The van der Waals surface area contributed by atoms with E-state index in [-0.39, 0.29) is 18.1 Å². The Bertz CT molecular complexity index is 584. The number of rotatable bonds is 5. The van der Waals surface area contributed by atoms with E-state index in [1.807, 2.05) is 13.0 Å². The fourth-order valence-corrected chi connectivity index (χ4v) is 3.11. The first kappa shape index (κ1) is 14.2. The summed E-state index contributed by atoms with van der Waals surface area (Å²) in [5, 5.41) is 0. The van der Waals surface area contributed by atoms with Crippen LogP contribution in [-0.4, -0.2) is 18.9 Å². The molecule has 5 heteroatoms. The van der Waals surface area contributed by atoms with Gasteiger partial charge in [-0.3, -0.25) is 4.79 Å². The zero-order chi connectivity index (χ0) is 13.8. The van der Waals surface area contributed by atoms with Crippen LogP contribution in [0, 0.1) is 5.82 Å². The Morgan fingerprint density at radius 3 is 2.63 bits per heavy atom. The van der Waals surface area contributed by atoms with E-state index in [1.165, 1.54) is 17.4 Å². The number of carbonyl (C=O) groups excluding carboxylic acids is 1. The number of halogens is 2. The van der Waals surface area contributed by atoms with E-state index in [0.717, 1.165) is 3.79 Å². The highest BCUT2D eigenvalue weighted by Crippen LogP contribution is 2.24. The third-order valence-electron chi connectivity index (χ3n) is 2.76. The fourth-order valence-electron chi connectivity index (χ4n) is 1.79. The molecule has 1 aromatic carbocycles. The number of anilines is 1. The molecule has 0 unspecified atom stereocenters. The number of carbonyl (C=O) groups is 1. The zero-order valence-electron chi connectivity index (χ0n) is 10.4. The van der Waals surface area contributed by atoms with E-state index in [1.54, 1.807) is 29.2 Å². The highest BCUT2D eigenvalue weighted by molar-refractivity contribution is 9.11. The summed E-state index contributed by atoms with van der Waals surface area (Å²) >= 11 is 4.73. The zero-order valence-corrected chi connectivity index (χ0v) is 12.8. The molecule has 0 radical (unpaired) electrons. The standard InChI is InChI=1S/C14H13BrFNOS/c1-2-17(11-6-4-3-5-10(11)16)9-12(18)13-7-8-14(15)19-13/h3-8H,2,9H2,1H3. The van der Waals surface area contributed by atoms with Gasteiger partial charge in [0.05, 0.1) is 20.9 Å². The van der Waals surface area contributed by atoms with Gasteiger partial charge in [-0.2, -0.15) is 0 Å². The lowest BCUT2D eigenvalue weighted by atomic mass is 10.2. The van der Waals surface area contributed by atoms with Crippen molar-refractivity contribution in [3.05, 3.63) is 50.9 Å². The first-order valence-electron chi connectivity index (χ1n) is 5.90. The second-order valence-corrected chi connectivity index (χ2v) is 6.46. The van der Waals surface area contributed by atoms with Gasteiger partial charge in [0.25, 0.3) is 0 Å². The van der Waals surface area contributed by atoms with Crippen molar-refractivity contribution in [2.45, 2.75) is 6.92 Å². The predicted molar refractivity (Wildman–Crippen MR) is 80.6 cm³/mol. The number of Topliss-reactive ketones (excluding diaryl/α,β-unsaturated/α-hetero) is 1. The van der Waals surface area contributed by atoms with E-state index in [0.29, 0.717) is 17.1 Å². The average Bonchev–Trinajstić information content (AvgIpc) is 2.83. The first-order chi connectivity index (χ1) is 9.11. The number of thiophene rings is 1. The SMILES string of the molecule is CCN(CC(=O)c1ccc(Br)s1)c1ccccc1F. The third-order valence-corrected chi connectivity index (χ3v) is 4.42. The number of benzene rings is 1. The van der Waals surface area contributed by atoms with Crippen LogP contribution < -0.4 is 4.90 Å². The van der Waals surface area contributed by atoms with Gasteiger partial charge in [0.1, 0.15) is 5.82 Å². The number of para-hydroxylation sites is 1. The molecule has 0 saturated heterocycles. The topological polar surface area (TPSA) is 20.3 Å². The summed E-state index contributed by atoms with van der Waals surface area (Å²) in [5.74, 6) is -0.301. The molecule has 1 aromatic heterocycles. The van der Waals surface area contributed by atoms with E-state index < -0.39 is 0 Å². The summed E-state index contributed by atoms with van der Waals surface area (Å²) < 4.78 is 14.6. The van der Waals surface area contributed by atoms with Crippen LogP contribution in [0.3, 0.4) is 0 Å². The van der Waals surface area contributed by atoms with Gasteiger partial charge in [-0.05, 0) is 47.1 Å². The van der Waals surface area contributed by atoms with Gasteiger partial charge in [-0.1, -0.05) is 12.1 Å². The van der Waals surface area contributed by atoms with E-state index in [2.05, 4.69) is 15.9 Å². The smallest absolute Gasteiger partial charge is 0.192 e. The Morgan fingerprint density at radius 2 is 2.05 bits per heavy atom. The summed E-state index contributed by atoms with van der Waals surface area (Å²) in [5.41, 5.74) is 0.467. The summed E-state index contributed by atoms with van der Waals surface area (Å²) in [7, 11) is 0. The molecule has 0 spiro atoms. The van der Waals surface area contributed by atoms with Gasteiger partial charge < -0.3 is 4.90 Å². The molecular weight excluding hydrogens is 329 g/mol. The molecule has 2 aromatic rings. The highest BCUT2D eigenvalue weighted by Gasteiger charge is 2.15. The van der Waals surface area contributed by atoms with Crippen LogP contribution in [0.25, 0.3) is 0 Å². The fraction of sp³-hybridized carbons (Fsp3) is 0.214. The van der Waals surface area contributed by atoms with Crippen LogP contribution >= 0.6 is 27.3 Å². The summed E-state index contributed by atoms with van der Waals surface area (Å²) in [6.07, 6.45) is 0. The number of likely N-dealkylation sites (N-methyl/N-ethyl adjacent to an activating group) is 1. The quantitative estimate of drug-likeness (QED) is 0.753. The summed E-state index contributed by atoms with van der Waals surface area (Å²) in [4.78, 5) is 14.6. The Balaban J connectivity index is 2.16. The molecule has 2 rings (SSSR count). The van der Waals surface area contributed by atoms with Crippen LogP contribution in [0.15, 0.2) is 40.2 Å². The minimum atomic E-state index is -0.301. The molecule has 0 saturated carbocycles. The van der Waals surface area contributed by atoms with E-state index in [4.69, 9.17) is 0 Å². The van der Waals surface area contributed by atoms with Crippen LogP contribution in [0.5, 0.6) is 0 Å². The van der Waals surface area contributed by atoms with Gasteiger partial charge in [-0.25, -0.2) is 4.39 Å². The van der Waals surface area contributed by atoms with Crippen molar-refractivity contribution in [3.8, 4) is 0 Å². The summed E-state index contributed by atoms with van der Waals surface area (Å²) in [6.45, 7) is 2.67. The molecule has 0 N–H and O–H groups in total. The summed E-state index contributed by atoms with van der Waals surface area (Å²) in [6, 6.07) is 10.1. The van der Waals surface area contributed by atoms with Crippen LogP contribution in [-0.2, 0) is 0 Å². The third kappa shape index (κ3) is 3.42. The van der Waals surface area contributed by atoms with Crippen molar-refractivity contribution in [3.63, 3.8) is 0 Å². The monoisotopic (exact) mass is 341 g/mol. The Kier molecular flexibility index (Phi) is 4.71. The maximum Gasteiger partial charge on any atom is 0.192 e. The minimum absolute atomic E-state index is 0.000744. The second-order valence-electron chi connectivity index (χ2n) is 3.99. The van der Waals surface area contributed by atoms with Crippen molar-refractivity contribution in [1.82, 2.24) is 0 Å². The van der Waals surface area contributed by atoms with Crippen molar-refractivity contribution in [2.75, 3.05) is 18.0 Å². The predicted octanol–water partition coefficient (Wildman–Crippen LogP) is 4.36. The van der Waals surface area contributed by atoms with Crippen LogP contribution in [0.2, 0.25) is 0 Å². The largest absolute Gasteiger partial charge is 0.362 e. The minimum Gasteiger partial charge on any atom is -0.362 e. The van der Waals surface area contributed by atoms with Gasteiger partial charge >= 0.3 is 0 Å². The average molecular weight is 342 g/mol. The van der Waals surface area contributed by atoms with Crippen molar-refractivity contribution < 1.29 is 9.18 Å². The maximum absolute atomic E-state index is 13.7. The highest BCUT2D eigenvalue weighted by atomic mass is 79.9. The Labute approximate surface area is 124 Å². The van der Waals surface area contributed by atoms with Crippen molar-refractivity contribution >= 4 is 38.7 Å². The van der Waals surface area contributed by atoms with Crippen molar-refractivity contribution in [2.24, 2.45) is 0 Å². The van der Waals surface area contributed by atoms with Gasteiger partial charge in [0, 0.05) is 6.54 Å². The van der Waals surface area contributed by atoms with Crippen molar-refractivity contribution in [1.29, 1.82) is 0 Å². The molecule has 1 heterocycles. The molecule has 0 fully saturated rings. The van der Waals surface area contributed by atoms with E-state index in [9.17, 15) is 9.18 Å². The van der Waals surface area contributed by atoms with Gasteiger partial charge in [0.2, 0.25) is 0 Å². The molecule has 2 nitrogen and oxygen atoms in total. The second kappa shape index (κ2) is 6.30. The maximum atomic E-state index is 13.7. The molecule has 19 heavy (non-hydrogen) atoms. The molecule has 0 aliphatic rings. The molecule has 0 aliphatic carbocycles. The molecule has 0 amide bonds.